The highest BCUT2D eigenvalue weighted by molar-refractivity contribution is 7.87. The Morgan fingerprint density at radius 2 is 1.00 bits per heavy atom. The molecule has 0 amide bonds. The lowest BCUT2D eigenvalue weighted by atomic mass is 10.1. The molecule has 0 bridgehead atoms. The molecule has 8 heteroatoms. The third-order valence-electron chi connectivity index (χ3n) is 5.16. The summed E-state index contributed by atoms with van der Waals surface area (Å²) in [6.45, 7) is 13.9. The Balaban J connectivity index is 2.33. The van der Waals surface area contributed by atoms with Crippen LogP contribution in [0.1, 0.15) is 53.6 Å². The minimum absolute atomic E-state index is 0.105. The van der Waals surface area contributed by atoms with Crippen molar-refractivity contribution in [1.29, 1.82) is 0 Å². The molecular weight excluding hydrogens is 436 g/mol. The summed E-state index contributed by atoms with van der Waals surface area (Å²) < 4.78 is 62.9. The van der Waals surface area contributed by atoms with Crippen molar-refractivity contribution in [3.05, 3.63) is 57.6 Å². The van der Waals surface area contributed by atoms with Gasteiger partial charge in [0.2, 0.25) is 0 Å². The Hall–Kier alpha value is -1.74. The molecule has 2 aromatic carbocycles. The Labute approximate surface area is 186 Å². The van der Waals surface area contributed by atoms with E-state index in [2.05, 4.69) is 0 Å². The molecule has 2 unspecified atom stereocenters. The van der Waals surface area contributed by atoms with E-state index in [1.165, 1.54) is 6.92 Å². The van der Waals surface area contributed by atoms with Crippen LogP contribution < -0.4 is 0 Å². The number of benzene rings is 2. The Kier molecular flexibility index (Phi) is 7.74. The van der Waals surface area contributed by atoms with Crippen LogP contribution in [0, 0.1) is 41.5 Å². The lowest BCUT2D eigenvalue weighted by Gasteiger charge is -2.24. The smallest absolute Gasteiger partial charge is 0.261 e. The zero-order valence-electron chi connectivity index (χ0n) is 19.4. The van der Waals surface area contributed by atoms with Crippen LogP contribution in [0.2, 0.25) is 0 Å². The third-order valence-corrected chi connectivity index (χ3v) is 8.51. The summed E-state index contributed by atoms with van der Waals surface area (Å²) >= 11 is 0. The van der Waals surface area contributed by atoms with Crippen LogP contribution in [-0.2, 0) is 28.6 Å². The molecule has 6 nitrogen and oxygen atoms in total. The lowest BCUT2D eigenvalue weighted by molar-refractivity contribution is 0.0718. The first-order valence-electron chi connectivity index (χ1n) is 10.2. The van der Waals surface area contributed by atoms with Crippen LogP contribution in [0.15, 0.2) is 34.1 Å². The van der Waals surface area contributed by atoms with Crippen LogP contribution in [0.5, 0.6) is 0 Å². The largest absolute Gasteiger partial charge is 0.297 e. The summed E-state index contributed by atoms with van der Waals surface area (Å²) in [7, 11) is -8.22. The molecule has 0 heterocycles. The van der Waals surface area contributed by atoms with Gasteiger partial charge in [0.05, 0.1) is 9.79 Å². The highest BCUT2D eigenvalue weighted by Crippen LogP contribution is 2.29. The zero-order chi connectivity index (χ0) is 23.7. The van der Waals surface area contributed by atoms with Gasteiger partial charge in [0.1, 0.15) is 12.2 Å². The van der Waals surface area contributed by atoms with Gasteiger partial charge in [-0.3, -0.25) is 8.37 Å². The number of hydrogen-bond donors (Lipinski definition) is 0. The molecule has 0 fully saturated rings. The van der Waals surface area contributed by atoms with Crippen molar-refractivity contribution in [3.8, 4) is 0 Å². The van der Waals surface area contributed by atoms with Crippen LogP contribution in [-0.4, -0.2) is 29.0 Å². The highest BCUT2D eigenvalue weighted by Gasteiger charge is 2.32. The summed E-state index contributed by atoms with van der Waals surface area (Å²) in [5.74, 6) is 0. The molecule has 0 N–H and O–H groups in total. The van der Waals surface area contributed by atoms with Gasteiger partial charge in [0, 0.05) is 0 Å². The van der Waals surface area contributed by atoms with Gasteiger partial charge >= 0.3 is 0 Å². The van der Waals surface area contributed by atoms with Crippen LogP contribution in [0.3, 0.4) is 0 Å². The van der Waals surface area contributed by atoms with Crippen LogP contribution in [0.25, 0.3) is 0 Å². The molecule has 2 rings (SSSR count). The van der Waals surface area contributed by atoms with Crippen molar-refractivity contribution in [3.63, 3.8) is 0 Å². The van der Waals surface area contributed by atoms with Crippen molar-refractivity contribution >= 4 is 20.2 Å². The highest BCUT2D eigenvalue weighted by atomic mass is 32.2. The second kappa shape index (κ2) is 9.40. The summed E-state index contributed by atoms with van der Waals surface area (Å²) in [6, 6.07) is 7.10. The first-order valence-corrected chi connectivity index (χ1v) is 13.0. The second-order valence-corrected chi connectivity index (χ2v) is 11.2. The molecule has 0 aliphatic heterocycles. The van der Waals surface area contributed by atoms with Gasteiger partial charge in [-0.1, -0.05) is 42.3 Å². The van der Waals surface area contributed by atoms with E-state index in [4.69, 9.17) is 8.37 Å². The molecule has 0 spiro atoms. The molecular formula is C23H32O6S2. The summed E-state index contributed by atoms with van der Waals surface area (Å²) in [5.41, 5.74) is 4.23. The molecule has 172 valence electrons. The average Bonchev–Trinajstić information content (AvgIpc) is 2.56. The Bertz CT molecular complexity index is 1130. The average molecular weight is 469 g/mol. The van der Waals surface area contributed by atoms with Gasteiger partial charge in [0.25, 0.3) is 20.2 Å². The molecule has 0 aliphatic carbocycles. The van der Waals surface area contributed by atoms with E-state index in [0.717, 1.165) is 11.1 Å². The summed E-state index contributed by atoms with van der Waals surface area (Å²) in [4.78, 5) is 0.213. The lowest BCUT2D eigenvalue weighted by Crippen LogP contribution is -2.33. The second-order valence-electron chi connectivity index (χ2n) is 8.21. The molecule has 2 aromatic rings. The summed E-state index contributed by atoms with van der Waals surface area (Å²) in [6.07, 6.45) is -1.71. The van der Waals surface area contributed by atoms with Crippen LogP contribution >= 0.6 is 0 Å². The molecule has 0 radical (unpaired) electrons. The van der Waals surface area contributed by atoms with Gasteiger partial charge in [-0.05, 0) is 77.1 Å². The topological polar surface area (TPSA) is 86.7 Å². The van der Waals surface area contributed by atoms with Crippen molar-refractivity contribution in [2.45, 2.75) is 83.8 Å². The number of aryl methyl sites for hydroxylation is 6. The van der Waals surface area contributed by atoms with Crippen molar-refractivity contribution in [2.24, 2.45) is 0 Å². The van der Waals surface area contributed by atoms with E-state index < -0.39 is 32.4 Å². The van der Waals surface area contributed by atoms with Crippen molar-refractivity contribution in [2.75, 3.05) is 0 Å². The fraction of sp³-hybridized carbons (Fsp3) is 0.478. The standard InChI is InChI=1S/C23H32O6S2/c1-9-21(29-31(26,27)23-18(6)12-15(3)13-19(23)7)20(8)28-30(24,25)22-16(4)10-14(2)11-17(22)5/h10-13,20-21H,9H2,1-8H3. The minimum Gasteiger partial charge on any atom is -0.261 e. The SMILES string of the molecule is CCC(OS(=O)(=O)c1c(C)cc(C)cc1C)C(C)OS(=O)(=O)c1c(C)cc(C)cc1C. The predicted octanol–water partition coefficient (Wildman–Crippen LogP) is 4.82. The van der Waals surface area contributed by atoms with Crippen LogP contribution in [0.4, 0.5) is 0 Å². The van der Waals surface area contributed by atoms with Gasteiger partial charge in [-0.25, -0.2) is 0 Å². The first kappa shape index (κ1) is 25.5. The Morgan fingerprint density at radius 1 is 0.677 bits per heavy atom. The van der Waals surface area contributed by atoms with Gasteiger partial charge in [0.15, 0.2) is 0 Å². The van der Waals surface area contributed by atoms with Gasteiger partial charge < -0.3 is 0 Å². The molecule has 0 saturated carbocycles. The quantitative estimate of drug-likeness (QED) is 0.517. The molecule has 0 aliphatic rings. The minimum atomic E-state index is -4.11. The van der Waals surface area contributed by atoms with E-state index in [1.54, 1.807) is 58.9 Å². The fourth-order valence-corrected chi connectivity index (χ4v) is 7.27. The molecule has 31 heavy (non-hydrogen) atoms. The predicted molar refractivity (Wildman–Crippen MR) is 121 cm³/mol. The van der Waals surface area contributed by atoms with E-state index in [1.807, 2.05) is 13.8 Å². The van der Waals surface area contributed by atoms with E-state index in [-0.39, 0.29) is 16.2 Å². The van der Waals surface area contributed by atoms with E-state index in [9.17, 15) is 16.8 Å². The maximum absolute atomic E-state index is 13.0. The van der Waals surface area contributed by atoms with Gasteiger partial charge in [-0.2, -0.15) is 16.8 Å². The van der Waals surface area contributed by atoms with Crippen molar-refractivity contribution in [1.82, 2.24) is 0 Å². The molecule has 2 atom stereocenters. The monoisotopic (exact) mass is 468 g/mol. The van der Waals surface area contributed by atoms with Crippen molar-refractivity contribution < 1.29 is 25.2 Å². The van der Waals surface area contributed by atoms with E-state index >= 15 is 0 Å². The summed E-state index contributed by atoms with van der Waals surface area (Å²) in [5, 5.41) is 0. The molecule has 0 saturated heterocycles. The fourth-order valence-electron chi connectivity index (χ4n) is 4.12. The number of hydrogen-bond acceptors (Lipinski definition) is 6. The normalized spacial score (nSPS) is 14.5. The van der Waals surface area contributed by atoms with E-state index in [0.29, 0.717) is 22.3 Å². The maximum atomic E-state index is 13.0. The maximum Gasteiger partial charge on any atom is 0.297 e. The molecule has 0 aromatic heterocycles. The Morgan fingerprint density at radius 3 is 1.32 bits per heavy atom. The first-order chi connectivity index (χ1) is 14.2. The third kappa shape index (κ3) is 5.74. The van der Waals surface area contributed by atoms with Gasteiger partial charge in [-0.15, -0.1) is 0 Å². The number of rotatable bonds is 8. The zero-order valence-corrected chi connectivity index (χ0v) is 21.1.